The molecule has 0 atom stereocenters. The number of fused-ring (bicyclic) bond motifs is 1. The van der Waals surface area contributed by atoms with Crippen molar-refractivity contribution in [2.45, 2.75) is 64.1 Å². The smallest absolute Gasteiger partial charge is 0.333 e. The van der Waals surface area contributed by atoms with Gasteiger partial charge in [-0.15, -0.1) is 0 Å². The molecule has 4 heterocycles. The van der Waals surface area contributed by atoms with Crippen LogP contribution in [0.25, 0.3) is 16.7 Å². The normalized spacial score (nSPS) is 19.9. The molecule has 1 saturated heterocycles. The summed E-state index contributed by atoms with van der Waals surface area (Å²) in [6.07, 6.45) is 8.11. The number of piperidine rings is 1. The topological polar surface area (TPSA) is 105 Å². The molecule has 1 aromatic carbocycles. The van der Waals surface area contributed by atoms with Gasteiger partial charge in [-0.1, -0.05) is 23.7 Å². The Morgan fingerprint density at radius 3 is 2.44 bits per heavy atom. The summed E-state index contributed by atoms with van der Waals surface area (Å²) in [7, 11) is 0. The van der Waals surface area contributed by atoms with Gasteiger partial charge in [-0.2, -0.15) is 0 Å². The number of hydrogen-bond donors (Lipinski definition) is 2. The predicted octanol–water partition coefficient (Wildman–Crippen LogP) is 4.49. The Hall–Kier alpha value is -3.69. The Morgan fingerprint density at radius 1 is 1.00 bits per heavy atom. The highest BCUT2D eigenvalue weighted by molar-refractivity contribution is 6.30. The minimum Gasteiger partial charge on any atom is -0.393 e. The lowest BCUT2D eigenvalue weighted by atomic mass is 9.85. The van der Waals surface area contributed by atoms with Gasteiger partial charge in [0.05, 0.1) is 45.3 Å². The zero-order valence-electron chi connectivity index (χ0n) is 23.2. The van der Waals surface area contributed by atoms with Crippen LogP contribution in [0.15, 0.2) is 59.7 Å². The van der Waals surface area contributed by atoms with Crippen molar-refractivity contribution in [1.29, 1.82) is 0 Å². The predicted molar refractivity (Wildman–Crippen MR) is 160 cm³/mol. The number of amides is 1. The summed E-state index contributed by atoms with van der Waals surface area (Å²) in [5.41, 5.74) is 3.61. The van der Waals surface area contributed by atoms with Crippen molar-refractivity contribution in [3.05, 3.63) is 81.6 Å². The number of para-hydroxylation sites is 2. The third-order valence-electron chi connectivity index (χ3n) is 8.54. The standard InChI is InChI=1S/C31H35ClN6O3/c1-20-26(16-22(32)17-33-20)30(40)35-23-8-6-21(7-9-23)19-37-27-4-2-3-5-28(27)38(31(37)41)24-10-11-29(34-18-24)36-14-12-25(39)13-15-36/h2-5,10-11,16-18,21,23,25,39H,6-9,12-15,19H2,1H3,(H,35,40). The van der Waals surface area contributed by atoms with Crippen molar-refractivity contribution in [2.75, 3.05) is 18.0 Å². The van der Waals surface area contributed by atoms with Crippen LogP contribution in [0.4, 0.5) is 5.82 Å². The van der Waals surface area contributed by atoms with Gasteiger partial charge in [0, 0.05) is 31.9 Å². The molecule has 1 amide bonds. The number of hydrogen-bond acceptors (Lipinski definition) is 6. The molecule has 10 heteroatoms. The van der Waals surface area contributed by atoms with Crippen LogP contribution < -0.4 is 15.9 Å². The Bertz CT molecular complexity index is 1600. The maximum Gasteiger partial charge on any atom is 0.333 e. The van der Waals surface area contributed by atoms with E-state index in [2.05, 4.69) is 20.2 Å². The number of carbonyl (C=O) groups is 1. The molecule has 0 spiro atoms. The minimum atomic E-state index is -0.236. The van der Waals surface area contributed by atoms with E-state index in [1.54, 1.807) is 23.0 Å². The fourth-order valence-electron chi connectivity index (χ4n) is 6.17. The van der Waals surface area contributed by atoms with E-state index in [9.17, 15) is 14.7 Å². The second-order valence-corrected chi connectivity index (χ2v) is 11.7. The van der Waals surface area contributed by atoms with Gasteiger partial charge in [0.2, 0.25) is 0 Å². The molecule has 1 saturated carbocycles. The third kappa shape index (κ3) is 5.74. The first-order chi connectivity index (χ1) is 19.9. The number of pyridine rings is 2. The zero-order chi connectivity index (χ0) is 28.5. The van der Waals surface area contributed by atoms with E-state index in [0.29, 0.717) is 28.7 Å². The van der Waals surface area contributed by atoms with Gasteiger partial charge in [-0.3, -0.25) is 18.9 Å². The Balaban J connectivity index is 1.15. The van der Waals surface area contributed by atoms with Crippen molar-refractivity contribution < 1.29 is 9.90 Å². The fraction of sp³-hybridized carbons (Fsp3) is 0.419. The number of anilines is 1. The van der Waals surface area contributed by atoms with E-state index in [1.165, 1.54) is 0 Å². The Kier molecular flexibility index (Phi) is 7.81. The number of nitrogens with one attached hydrogen (secondary N) is 1. The molecule has 3 aromatic heterocycles. The molecule has 9 nitrogen and oxygen atoms in total. The molecule has 0 unspecified atom stereocenters. The van der Waals surface area contributed by atoms with E-state index in [4.69, 9.17) is 11.6 Å². The maximum absolute atomic E-state index is 13.8. The molecule has 214 valence electrons. The third-order valence-corrected chi connectivity index (χ3v) is 8.74. The van der Waals surface area contributed by atoms with Crippen LogP contribution in [-0.2, 0) is 6.54 Å². The second kappa shape index (κ2) is 11.7. The number of aliphatic hydroxyl groups is 1. The van der Waals surface area contributed by atoms with Gasteiger partial charge in [0.25, 0.3) is 5.91 Å². The molecular formula is C31H35ClN6O3. The number of aryl methyl sites for hydroxylation is 1. The lowest BCUT2D eigenvalue weighted by Crippen LogP contribution is -2.39. The molecule has 1 aliphatic heterocycles. The van der Waals surface area contributed by atoms with Crippen LogP contribution in [-0.4, -0.2) is 55.4 Å². The van der Waals surface area contributed by atoms with Crippen LogP contribution >= 0.6 is 11.6 Å². The summed E-state index contributed by atoms with van der Waals surface area (Å²) in [5.74, 6) is 1.06. The molecule has 2 aliphatic rings. The van der Waals surface area contributed by atoms with Crippen molar-refractivity contribution in [3.63, 3.8) is 0 Å². The quantitative estimate of drug-likeness (QED) is 0.351. The summed E-state index contributed by atoms with van der Waals surface area (Å²) >= 11 is 6.05. The van der Waals surface area contributed by atoms with Crippen molar-refractivity contribution >= 4 is 34.4 Å². The molecule has 0 radical (unpaired) electrons. The van der Waals surface area contributed by atoms with Crippen LogP contribution in [0.3, 0.4) is 0 Å². The summed E-state index contributed by atoms with van der Waals surface area (Å²) in [6, 6.07) is 13.6. The van der Waals surface area contributed by atoms with Gasteiger partial charge in [0.1, 0.15) is 5.82 Å². The van der Waals surface area contributed by atoms with Crippen molar-refractivity contribution in [1.82, 2.24) is 24.4 Å². The number of aromatic nitrogens is 4. The fourth-order valence-corrected chi connectivity index (χ4v) is 6.33. The number of imidazole rings is 1. The second-order valence-electron chi connectivity index (χ2n) is 11.3. The van der Waals surface area contributed by atoms with Gasteiger partial charge in [-0.05, 0) is 81.7 Å². The number of halogens is 1. The van der Waals surface area contributed by atoms with E-state index in [0.717, 1.165) is 74.2 Å². The highest BCUT2D eigenvalue weighted by Gasteiger charge is 2.26. The number of aliphatic hydroxyl groups excluding tert-OH is 1. The summed E-state index contributed by atoms with van der Waals surface area (Å²) in [4.78, 5) is 37.7. The van der Waals surface area contributed by atoms with Crippen molar-refractivity contribution in [3.8, 4) is 5.69 Å². The molecule has 0 bridgehead atoms. The molecule has 4 aromatic rings. The van der Waals surface area contributed by atoms with Gasteiger partial charge >= 0.3 is 5.69 Å². The zero-order valence-corrected chi connectivity index (χ0v) is 23.9. The summed E-state index contributed by atoms with van der Waals surface area (Å²) in [6.45, 7) is 3.99. The lowest BCUT2D eigenvalue weighted by molar-refractivity contribution is 0.0919. The molecule has 2 N–H and O–H groups in total. The highest BCUT2D eigenvalue weighted by Crippen LogP contribution is 2.28. The molecule has 2 fully saturated rings. The van der Waals surface area contributed by atoms with Crippen LogP contribution in [0.2, 0.25) is 5.02 Å². The average Bonchev–Trinajstić information content (AvgIpc) is 3.26. The summed E-state index contributed by atoms with van der Waals surface area (Å²) < 4.78 is 3.64. The van der Waals surface area contributed by atoms with Crippen LogP contribution in [0.5, 0.6) is 0 Å². The monoisotopic (exact) mass is 574 g/mol. The van der Waals surface area contributed by atoms with Gasteiger partial charge < -0.3 is 15.3 Å². The van der Waals surface area contributed by atoms with Crippen LogP contribution in [0, 0.1) is 12.8 Å². The van der Waals surface area contributed by atoms with E-state index in [1.807, 2.05) is 47.9 Å². The largest absolute Gasteiger partial charge is 0.393 e. The molecule has 41 heavy (non-hydrogen) atoms. The van der Waals surface area contributed by atoms with E-state index >= 15 is 0 Å². The average molecular weight is 575 g/mol. The SMILES string of the molecule is Cc1ncc(Cl)cc1C(=O)NC1CCC(Cn2c(=O)n(-c3ccc(N4CCC(O)CC4)nc3)c3ccccc32)CC1. The Labute approximate surface area is 243 Å². The Morgan fingerprint density at radius 2 is 1.73 bits per heavy atom. The highest BCUT2D eigenvalue weighted by atomic mass is 35.5. The first-order valence-electron chi connectivity index (χ1n) is 14.4. The molecule has 6 rings (SSSR count). The minimum absolute atomic E-state index is 0.0683. The first kappa shape index (κ1) is 27.5. The number of benzene rings is 1. The van der Waals surface area contributed by atoms with E-state index < -0.39 is 0 Å². The molecular weight excluding hydrogens is 540 g/mol. The van der Waals surface area contributed by atoms with Gasteiger partial charge in [-0.25, -0.2) is 9.78 Å². The van der Waals surface area contributed by atoms with Gasteiger partial charge in [0.15, 0.2) is 0 Å². The lowest BCUT2D eigenvalue weighted by Gasteiger charge is -2.30. The van der Waals surface area contributed by atoms with E-state index in [-0.39, 0.29) is 23.7 Å². The molecule has 1 aliphatic carbocycles. The van der Waals surface area contributed by atoms with Crippen LogP contribution in [0.1, 0.15) is 54.6 Å². The number of rotatable bonds is 6. The maximum atomic E-state index is 13.8. The van der Waals surface area contributed by atoms with Crippen molar-refractivity contribution in [2.24, 2.45) is 5.92 Å². The number of nitrogens with zero attached hydrogens (tertiary/aromatic N) is 5. The summed E-state index contributed by atoms with van der Waals surface area (Å²) in [5, 5.41) is 13.4. The number of carbonyl (C=O) groups excluding carboxylic acids is 1. The first-order valence-corrected chi connectivity index (χ1v) is 14.8.